The molecule has 0 aliphatic rings. The Balaban J connectivity index is 1.65. The molecule has 0 atom stereocenters. The Morgan fingerprint density at radius 1 is 0.806 bits per heavy atom. The van der Waals surface area contributed by atoms with Crippen molar-refractivity contribution in [3.8, 4) is 5.75 Å². The van der Waals surface area contributed by atoms with Crippen molar-refractivity contribution in [1.82, 2.24) is 10.2 Å². The lowest BCUT2D eigenvalue weighted by Gasteiger charge is -2.18. The second-order valence-electron chi connectivity index (χ2n) is 9.04. The van der Waals surface area contributed by atoms with Crippen molar-refractivity contribution in [1.29, 1.82) is 0 Å². The van der Waals surface area contributed by atoms with Crippen LogP contribution < -0.4 is 10.1 Å². The van der Waals surface area contributed by atoms with Crippen LogP contribution in [-0.2, 0) is 4.79 Å². The summed E-state index contributed by atoms with van der Waals surface area (Å²) in [6, 6.07) is 29.5. The number of amides is 1. The lowest BCUT2D eigenvalue weighted by atomic mass is 9.88. The van der Waals surface area contributed by atoms with Gasteiger partial charge in [0.1, 0.15) is 12.4 Å². The molecule has 190 valence electrons. The zero-order chi connectivity index (χ0) is 25.6. The first-order valence-corrected chi connectivity index (χ1v) is 13.1. The van der Waals surface area contributed by atoms with E-state index in [9.17, 15) is 4.79 Å². The van der Waals surface area contributed by atoms with Crippen molar-refractivity contribution in [3.05, 3.63) is 102 Å². The van der Waals surface area contributed by atoms with Gasteiger partial charge in [-0.2, -0.15) is 0 Å². The molecule has 0 radical (unpaired) electrons. The highest BCUT2D eigenvalue weighted by Crippen LogP contribution is 2.34. The van der Waals surface area contributed by atoms with Crippen molar-refractivity contribution in [2.75, 3.05) is 33.8 Å². The van der Waals surface area contributed by atoms with Crippen molar-refractivity contribution >= 4 is 17.1 Å². The van der Waals surface area contributed by atoms with Gasteiger partial charge in [-0.1, -0.05) is 86.1 Å². The summed E-state index contributed by atoms with van der Waals surface area (Å²) in [4.78, 5) is 14.1. The van der Waals surface area contributed by atoms with E-state index in [1.807, 2.05) is 26.2 Å². The molecule has 0 bridgehead atoms. The number of allylic oxidation sites excluding steroid dienone is 1. The number of nitrogens with one attached hydrogen (secondary N) is 1. The predicted octanol–water partition coefficient (Wildman–Crippen LogP) is 6.67. The predicted molar refractivity (Wildman–Crippen MR) is 151 cm³/mol. The molecule has 3 aromatic carbocycles. The minimum atomic E-state index is 0.184. The Hall–Kier alpha value is -3.37. The van der Waals surface area contributed by atoms with E-state index < -0.39 is 0 Å². The Morgan fingerprint density at radius 2 is 1.42 bits per heavy atom. The third-order valence-corrected chi connectivity index (χ3v) is 6.42. The van der Waals surface area contributed by atoms with Crippen molar-refractivity contribution < 1.29 is 9.53 Å². The zero-order valence-corrected chi connectivity index (χ0v) is 22.0. The van der Waals surface area contributed by atoms with Gasteiger partial charge in [0, 0.05) is 13.5 Å². The monoisotopic (exact) mass is 484 g/mol. The van der Waals surface area contributed by atoms with Crippen LogP contribution in [0.15, 0.2) is 84.9 Å². The molecule has 0 spiro atoms. The van der Waals surface area contributed by atoms with Crippen molar-refractivity contribution in [2.45, 2.75) is 39.0 Å². The van der Waals surface area contributed by atoms with Crippen LogP contribution in [0.2, 0.25) is 0 Å². The lowest BCUT2D eigenvalue weighted by molar-refractivity contribution is -0.130. The minimum Gasteiger partial charge on any atom is -0.492 e. The number of hydrogen-bond acceptors (Lipinski definition) is 3. The summed E-state index contributed by atoms with van der Waals surface area (Å²) in [6.07, 6.45) is 4.66. The van der Waals surface area contributed by atoms with Gasteiger partial charge in [-0.3, -0.25) is 4.79 Å². The van der Waals surface area contributed by atoms with Gasteiger partial charge in [0.2, 0.25) is 5.91 Å². The molecule has 3 rings (SSSR count). The molecule has 0 aliphatic heterocycles. The highest BCUT2D eigenvalue weighted by molar-refractivity contribution is 5.98. The van der Waals surface area contributed by atoms with Crippen molar-refractivity contribution in [3.63, 3.8) is 0 Å². The van der Waals surface area contributed by atoms with Gasteiger partial charge < -0.3 is 15.0 Å². The average molecular weight is 485 g/mol. The molecule has 1 amide bonds. The standard InChI is InChI=1S/C32H40N2O2/c1-4-30(26-14-8-5-9-15-26)32(27-16-10-6-11-17-27)28-19-21-29(22-20-28)36-25-24-34(3)31(35)18-12-7-13-23-33-2/h5-6,8-11,14-17,19-22,33H,4,7,12-13,18,23-25H2,1-3H3/b32-30-. The van der Waals surface area contributed by atoms with Crippen LogP contribution in [0.4, 0.5) is 0 Å². The fraction of sp³-hybridized carbons (Fsp3) is 0.344. The van der Waals surface area contributed by atoms with E-state index in [1.54, 1.807) is 4.90 Å². The average Bonchev–Trinajstić information content (AvgIpc) is 2.93. The third kappa shape index (κ3) is 8.10. The van der Waals surface area contributed by atoms with Crippen LogP contribution in [0.1, 0.15) is 55.7 Å². The molecule has 0 heterocycles. The van der Waals surface area contributed by atoms with Gasteiger partial charge in [0.15, 0.2) is 0 Å². The normalized spacial score (nSPS) is 11.6. The van der Waals surface area contributed by atoms with Gasteiger partial charge in [0.25, 0.3) is 0 Å². The highest BCUT2D eigenvalue weighted by Gasteiger charge is 2.13. The summed E-state index contributed by atoms with van der Waals surface area (Å²) in [6.45, 7) is 4.28. The van der Waals surface area contributed by atoms with Crippen LogP contribution in [0.25, 0.3) is 11.1 Å². The summed E-state index contributed by atoms with van der Waals surface area (Å²) in [7, 11) is 3.81. The fourth-order valence-electron chi connectivity index (χ4n) is 4.37. The fourth-order valence-corrected chi connectivity index (χ4v) is 4.37. The molecule has 36 heavy (non-hydrogen) atoms. The van der Waals surface area contributed by atoms with E-state index in [-0.39, 0.29) is 5.91 Å². The van der Waals surface area contributed by atoms with E-state index >= 15 is 0 Å². The molecule has 0 aliphatic carbocycles. The first kappa shape index (κ1) is 27.2. The summed E-state index contributed by atoms with van der Waals surface area (Å²) < 4.78 is 5.98. The first-order chi connectivity index (χ1) is 17.6. The molecule has 0 saturated heterocycles. The maximum Gasteiger partial charge on any atom is 0.222 e. The Labute approximate surface area is 217 Å². The number of likely N-dealkylation sites (N-methyl/N-ethyl adjacent to an activating group) is 1. The minimum absolute atomic E-state index is 0.184. The number of hydrogen-bond donors (Lipinski definition) is 1. The number of ether oxygens (including phenoxy) is 1. The van der Waals surface area contributed by atoms with Gasteiger partial charge in [0.05, 0.1) is 6.54 Å². The van der Waals surface area contributed by atoms with Gasteiger partial charge in [-0.25, -0.2) is 0 Å². The van der Waals surface area contributed by atoms with E-state index in [1.165, 1.54) is 27.8 Å². The Bertz CT molecular complexity index is 1080. The second-order valence-corrected chi connectivity index (χ2v) is 9.04. The lowest BCUT2D eigenvalue weighted by Crippen LogP contribution is -2.30. The number of carbonyl (C=O) groups is 1. The number of nitrogens with zero attached hydrogens (tertiary/aromatic N) is 1. The largest absolute Gasteiger partial charge is 0.492 e. The molecule has 0 aromatic heterocycles. The Morgan fingerprint density at radius 3 is 2.03 bits per heavy atom. The van der Waals surface area contributed by atoms with Gasteiger partial charge in [-0.15, -0.1) is 0 Å². The number of carbonyl (C=O) groups excluding carboxylic acids is 1. The molecule has 3 aromatic rings. The summed E-state index contributed by atoms with van der Waals surface area (Å²) in [5.41, 5.74) is 6.18. The quantitative estimate of drug-likeness (QED) is 0.205. The third-order valence-electron chi connectivity index (χ3n) is 6.42. The van der Waals surface area contributed by atoms with Crippen LogP contribution in [0.3, 0.4) is 0 Å². The molecular weight excluding hydrogens is 444 g/mol. The summed E-state index contributed by atoms with van der Waals surface area (Å²) in [5.74, 6) is 1.00. The number of unbranched alkanes of at least 4 members (excludes halogenated alkanes) is 2. The molecule has 0 fully saturated rings. The highest BCUT2D eigenvalue weighted by atomic mass is 16.5. The second kappa shape index (κ2) is 14.9. The van der Waals surface area contributed by atoms with Crippen LogP contribution in [-0.4, -0.2) is 44.6 Å². The molecule has 4 nitrogen and oxygen atoms in total. The number of benzene rings is 3. The first-order valence-electron chi connectivity index (χ1n) is 13.1. The zero-order valence-electron chi connectivity index (χ0n) is 22.0. The van der Waals surface area contributed by atoms with E-state index in [4.69, 9.17) is 4.74 Å². The van der Waals surface area contributed by atoms with E-state index in [0.717, 1.165) is 38.0 Å². The molecule has 0 unspecified atom stereocenters. The molecule has 1 N–H and O–H groups in total. The van der Waals surface area contributed by atoms with E-state index in [0.29, 0.717) is 19.6 Å². The summed E-state index contributed by atoms with van der Waals surface area (Å²) in [5, 5.41) is 3.14. The SMILES string of the molecule is CC/C(=C(\c1ccccc1)c1ccc(OCCN(C)C(=O)CCCCCNC)cc1)c1ccccc1. The van der Waals surface area contributed by atoms with Crippen LogP contribution >= 0.6 is 0 Å². The summed E-state index contributed by atoms with van der Waals surface area (Å²) >= 11 is 0. The van der Waals surface area contributed by atoms with Crippen LogP contribution in [0.5, 0.6) is 5.75 Å². The maximum atomic E-state index is 12.3. The molecule has 0 saturated carbocycles. The smallest absolute Gasteiger partial charge is 0.222 e. The molecule has 4 heteroatoms. The van der Waals surface area contributed by atoms with E-state index in [2.05, 4.69) is 85.0 Å². The van der Waals surface area contributed by atoms with Crippen molar-refractivity contribution in [2.24, 2.45) is 0 Å². The molecular formula is C32H40N2O2. The Kier molecular flexibility index (Phi) is 11.3. The topological polar surface area (TPSA) is 41.6 Å². The van der Waals surface area contributed by atoms with Crippen LogP contribution in [0, 0.1) is 0 Å². The maximum absolute atomic E-state index is 12.3. The number of rotatable bonds is 14. The van der Waals surface area contributed by atoms with Gasteiger partial charge in [-0.05, 0) is 72.8 Å². The van der Waals surface area contributed by atoms with Gasteiger partial charge >= 0.3 is 0 Å².